The van der Waals surface area contributed by atoms with E-state index >= 15 is 0 Å². The highest BCUT2D eigenvalue weighted by Crippen LogP contribution is 2.42. The van der Waals surface area contributed by atoms with Crippen molar-refractivity contribution >= 4 is 17.4 Å². The summed E-state index contributed by atoms with van der Waals surface area (Å²) in [7, 11) is 1.58. The normalized spacial score (nSPS) is 16.8. The summed E-state index contributed by atoms with van der Waals surface area (Å²) in [5.74, 6) is -0.595. The molecule has 27 heavy (non-hydrogen) atoms. The number of benzene rings is 2. The molecule has 1 atom stereocenters. The van der Waals surface area contributed by atoms with Crippen molar-refractivity contribution in [1.29, 1.82) is 0 Å². The van der Waals surface area contributed by atoms with Crippen LogP contribution in [-0.2, 0) is 9.59 Å². The lowest BCUT2D eigenvalue weighted by Crippen LogP contribution is -2.31. The van der Waals surface area contributed by atoms with Crippen molar-refractivity contribution in [3.63, 3.8) is 0 Å². The van der Waals surface area contributed by atoms with Gasteiger partial charge in [-0.3, -0.25) is 14.5 Å². The van der Waals surface area contributed by atoms with Crippen LogP contribution in [0.1, 0.15) is 36.1 Å². The van der Waals surface area contributed by atoms with Crippen LogP contribution in [0.4, 0.5) is 5.69 Å². The predicted octanol–water partition coefficient (Wildman–Crippen LogP) is 4.19. The maximum atomic E-state index is 12.9. The number of Topliss-reactive ketones (excluding diaryl/α,β-unsaturated/α-hetero) is 1. The fourth-order valence-electron chi connectivity index (χ4n) is 3.32. The van der Waals surface area contributed by atoms with Gasteiger partial charge < -0.3 is 9.84 Å². The fourth-order valence-corrected chi connectivity index (χ4v) is 3.32. The van der Waals surface area contributed by atoms with Gasteiger partial charge >= 0.3 is 0 Å². The van der Waals surface area contributed by atoms with E-state index in [0.717, 1.165) is 16.7 Å². The molecule has 1 aliphatic heterocycles. The van der Waals surface area contributed by atoms with Gasteiger partial charge in [-0.1, -0.05) is 25.1 Å². The average molecular weight is 365 g/mol. The SMILES string of the molecule is CCC(=O)C1=C(O)C(=O)N(c2ccc(C)c(C)c2)C1c1ccc(OC)cc1. The third-order valence-corrected chi connectivity index (χ3v) is 5.03. The molecule has 140 valence electrons. The standard InChI is InChI=1S/C22H23NO4/c1-5-18(24)19-20(15-7-10-17(27-4)11-8-15)23(22(26)21(19)25)16-9-6-13(2)14(3)12-16/h6-12,20,25H,5H2,1-4H3. The van der Waals surface area contributed by atoms with E-state index in [4.69, 9.17) is 4.74 Å². The molecule has 0 fully saturated rings. The number of aliphatic hydroxyl groups is 1. The van der Waals surface area contributed by atoms with E-state index in [9.17, 15) is 14.7 Å². The zero-order valence-electron chi connectivity index (χ0n) is 15.9. The number of carbonyl (C=O) groups excluding carboxylic acids is 2. The summed E-state index contributed by atoms with van der Waals surface area (Å²) in [6.45, 7) is 5.68. The molecule has 5 nitrogen and oxygen atoms in total. The molecule has 0 aromatic heterocycles. The molecule has 1 amide bonds. The molecule has 0 spiro atoms. The molecule has 0 radical (unpaired) electrons. The van der Waals surface area contributed by atoms with Gasteiger partial charge in [0.1, 0.15) is 5.75 Å². The molecule has 1 aliphatic rings. The van der Waals surface area contributed by atoms with E-state index < -0.39 is 17.7 Å². The first-order valence-corrected chi connectivity index (χ1v) is 8.90. The zero-order chi connectivity index (χ0) is 19.7. The molecule has 1 heterocycles. The van der Waals surface area contributed by atoms with E-state index in [-0.39, 0.29) is 17.8 Å². The highest BCUT2D eigenvalue weighted by molar-refractivity contribution is 6.16. The summed E-state index contributed by atoms with van der Waals surface area (Å²) < 4.78 is 5.20. The lowest BCUT2D eigenvalue weighted by atomic mass is 9.94. The largest absolute Gasteiger partial charge is 0.503 e. The lowest BCUT2D eigenvalue weighted by molar-refractivity contribution is -0.118. The van der Waals surface area contributed by atoms with E-state index in [1.165, 1.54) is 4.90 Å². The third-order valence-electron chi connectivity index (χ3n) is 5.03. The number of hydrogen-bond donors (Lipinski definition) is 1. The quantitative estimate of drug-likeness (QED) is 0.863. The minimum atomic E-state index is -0.669. The van der Waals surface area contributed by atoms with Gasteiger partial charge in [-0.15, -0.1) is 0 Å². The Morgan fingerprint density at radius 3 is 2.33 bits per heavy atom. The van der Waals surface area contributed by atoms with Crippen LogP contribution in [0.2, 0.25) is 0 Å². The van der Waals surface area contributed by atoms with E-state index in [1.807, 2.05) is 44.2 Å². The molecular weight excluding hydrogens is 342 g/mol. The Morgan fingerprint density at radius 2 is 1.78 bits per heavy atom. The Kier molecular flexibility index (Phi) is 5.04. The number of amides is 1. The van der Waals surface area contributed by atoms with Gasteiger partial charge in [0.15, 0.2) is 11.5 Å². The Bertz CT molecular complexity index is 928. The smallest absolute Gasteiger partial charge is 0.294 e. The van der Waals surface area contributed by atoms with Crippen molar-refractivity contribution < 1.29 is 19.4 Å². The van der Waals surface area contributed by atoms with Crippen LogP contribution in [0.25, 0.3) is 0 Å². The summed E-state index contributed by atoms with van der Waals surface area (Å²) in [4.78, 5) is 26.9. The summed E-state index contributed by atoms with van der Waals surface area (Å²) in [6, 6.07) is 12.2. The van der Waals surface area contributed by atoms with Crippen molar-refractivity contribution in [1.82, 2.24) is 0 Å². The predicted molar refractivity (Wildman–Crippen MR) is 104 cm³/mol. The molecule has 3 rings (SSSR count). The number of aliphatic hydroxyl groups excluding tert-OH is 1. The number of methoxy groups -OCH3 is 1. The van der Waals surface area contributed by atoms with Gasteiger partial charge in [0.05, 0.1) is 18.7 Å². The number of ether oxygens (including phenoxy) is 1. The van der Waals surface area contributed by atoms with Crippen molar-refractivity contribution in [3.8, 4) is 5.75 Å². The van der Waals surface area contributed by atoms with Crippen LogP contribution < -0.4 is 9.64 Å². The Labute approximate surface area is 158 Å². The van der Waals surface area contributed by atoms with Crippen molar-refractivity contribution in [2.75, 3.05) is 12.0 Å². The van der Waals surface area contributed by atoms with Crippen LogP contribution in [0.3, 0.4) is 0 Å². The van der Waals surface area contributed by atoms with Gasteiger partial charge in [0, 0.05) is 12.1 Å². The zero-order valence-corrected chi connectivity index (χ0v) is 15.9. The first kappa shape index (κ1) is 18.7. The Balaban J connectivity index is 2.16. The lowest BCUT2D eigenvalue weighted by Gasteiger charge is -2.27. The number of nitrogens with zero attached hydrogens (tertiary/aromatic N) is 1. The molecule has 0 aliphatic carbocycles. The van der Waals surface area contributed by atoms with Gasteiger partial charge in [0.2, 0.25) is 0 Å². The maximum Gasteiger partial charge on any atom is 0.294 e. The summed E-state index contributed by atoms with van der Waals surface area (Å²) in [6.07, 6.45) is 0.208. The number of hydrogen-bond acceptors (Lipinski definition) is 4. The van der Waals surface area contributed by atoms with Crippen molar-refractivity contribution in [2.45, 2.75) is 33.2 Å². The molecule has 2 aromatic carbocycles. The number of ketones is 1. The number of aryl methyl sites for hydroxylation is 2. The molecular formula is C22H23NO4. The van der Waals surface area contributed by atoms with Gasteiger partial charge in [-0.2, -0.15) is 0 Å². The van der Waals surface area contributed by atoms with E-state index in [2.05, 4.69) is 0 Å². The maximum absolute atomic E-state index is 12.9. The summed E-state index contributed by atoms with van der Waals surface area (Å²) in [5, 5.41) is 10.5. The van der Waals surface area contributed by atoms with Gasteiger partial charge in [-0.05, 0) is 54.8 Å². The van der Waals surface area contributed by atoms with Gasteiger partial charge in [-0.25, -0.2) is 0 Å². The first-order valence-electron chi connectivity index (χ1n) is 8.90. The molecule has 0 saturated carbocycles. The molecule has 0 saturated heterocycles. The van der Waals surface area contributed by atoms with Gasteiger partial charge in [0.25, 0.3) is 5.91 Å². The van der Waals surface area contributed by atoms with Crippen LogP contribution in [0.5, 0.6) is 5.75 Å². The first-order chi connectivity index (χ1) is 12.9. The fraction of sp³-hybridized carbons (Fsp3) is 0.273. The van der Waals surface area contributed by atoms with Crippen molar-refractivity contribution in [3.05, 3.63) is 70.5 Å². The second-order valence-electron chi connectivity index (χ2n) is 6.66. The highest BCUT2D eigenvalue weighted by Gasteiger charge is 2.43. The van der Waals surface area contributed by atoms with Crippen LogP contribution in [-0.4, -0.2) is 23.9 Å². The molecule has 5 heteroatoms. The number of rotatable bonds is 5. The van der Waals surface area contributed by atoms with E-state index in [1.54, 1.807) is 26.2 Å². The monoisotopic (exact) mass is 365 g/mol. The summed E-state index contributed by atoms with van der Waals surface area (Å²) in [5.41, 5.74) is 3.67. The summed E-state index contributed by atoms with van der Waals surface area (Å²) >= 11 is 0. The molecule has 2 aromatic rings. The minimum absolute atomic E-state index is 0.144. The Hall–Kier alpha value is -3.08. The third kappa shape index (κ3) is 3.21. The molecule has 1 unspecified atom stereocenters. The van der Waals surface area contributed by atoms with Crippen LogP contribution in [0, 0.1) is 13.8 Å². The highest BCUT2D eigenvalue weighted by atomic mass is 16.5. The van der Waals surface area contributed by atoms with Crippen LogP contribution >= 0.6 is 0 Å². The second-order valence-corrected chi connectivity index (χ2v) is 6.66. The van der Waals surface area contributed by atoms with Crippen molar-refractivity contribution in [2.24, 2.45) is 0 Å². The minimum Gasteiger partial charge on any atom is -0.503 e. The second kappa shape index (κ2) is 7.27. The molecule has 1 N–H and O–H groups in total. The number of anilines is 1. The topological polar surface area (TPSA) is 66.8 Å². The van der Waals surface area contributed by atoms with E-state index in [0.29, 0.717) is 11.4 Å². The number of carbonyl (C=O) groups is 2. The Morgan fingerprint density at radius 1 is 1.11 bits per heavy atom. The molecule has 0 bridgehead atoms. The average Bonchev–Trinajstić information content (AvgIpc) is 2.94. The van der Waals surface area contributed by atoms with Crippen LogP contribution in [0.15, 0.2) is 53.8 Å².